The molecule has 3 aromatic rings. The summed E-state index contributed by atoms with van der Waals surface area (Å²) in [4.78, 5) is 26.7. The number of esters is 1. The minimum Gasteiger partial charge on any atom is -0.465 e. The number of rotatable bonds is 3. The van der Waals surface area contributed by atoms with E-state index in [9.17, 15) is 23.3 Å². The lowest BCUT2D eigenvalue weighted by atomic mass is 10.1. The Morgan fingerprint density at radius 2 is 1.81 bits per heavy atom. The molecule has 0 spiro atoms. The van der Waals surface area contributed by atoms with Crippen molar-refractivity contribution in [1.82, 2.24) is 0 Å². The van der Waals surface area contributed by atoms with Gasteiger partial charge in [-0.05, 0) is 48.0 Å². The highest BCUT2D eigenvalue weighted by atomic mass is 32.2. The van der Waals surface area contributed by atoms with Gasteiger partial charge in [-0.3, -0.25) is 4.79 Å². The summed E-state index contributed by atoms with van der Waals surface area (Å²) in [5.74, 6) is -1.18. The summed E-state index contributed by atoms with van der Waals surface area (Å²) in [7, 11) is -2.81. The highest BCUT2D eigenvalue weighted by molar-refractivity contribution is 7.91. The SMILES string of the molecule is COC(=O)c1ccc2c(c1)N(Cc1cccc(C#N)c1)C(=O)c1ccccc1S2(=O)=O. The van der Waals surface area contributed by atoms with E-state index in [0.717, 1.165) is 0 Å². The molecule has 7 nitrogen and oxygen atoms in total. The Balaban J connectivity index is 1.97. The van der Waals surface area contributed by atoms with Crippen molar-refractivity contribution >= 4 is 27.4 Å². The zero-order chi connectivity index (χ0) is 22.2. The molecule has 1 aliphatic rings. The fourth-order valence-electron chi connectivity index (χ4n) is 3.53. The molecule has 0 N–H and O–H groups in total. The van der Waals surface area contributed by atoms with E-state index in [1.54, 1.807) is 36.4 Å². The molecule has 0 saturated carbocycles. The Labute approximate surface area is 179 Å². The highest BCUT2D eigenvalue weighted by Gasteiger charge is 2.36. The minimum atomic E-state index is -4.02. The van der Waals surface area contributed by atoms with Crippen molar-refractivity contribution in [3.8, 4) is 6.07 Å². The van der Waals surface area contributed by atoms with Gasteiger partial charge in [0, 0.05) is 0 Å². The molecule has 1 aliphatic heterocycles. The molecule has 0 saturated heterocycles. The summed E-state index contributed by atoms with van der Waals surface area (Å²) >= 11 is 0. The summed E-state index contributed by atoms with van der Waals surface area (Å²) in [6, 6.07) is 18.7. The van der Waals surface area contributed by atoms with E-state index in [0.29, 0.717) is 11.1 Å². The molecule has 0 bridgehead atoms. The molecule has 4 rings (SSSR count). The Kier molecular flexibility index (Phi) is 5.05. The number of fused-ring (bicyclic) bond motifs is 2. The van der Waals surface area contributed by atoms with Crippen molar-refractivity contribution < 1.29 is 22.7 Å². The number of nitriles is 1. The van der Waals surface area contributed by atoms with Crippen molar-refractivity contribution in [3.63, 3.8) is 0 Å². The maximum absolute atomic E-state index is 13.5. The molecule has 3 aromatic carbocycles. The van der Waals surface area contributed by atoms with Crippen LogP contribution in [0, 0.1) is 11.3 Å². The molecule has 0 unspecified atom stereocenters. The van der Waals surface area contributed by atoms with Crippen LogP contribution in [0.2, 0.25) is 0 Å². The molecule has 0 atom stereocenters. The number of benzene rings is 3. The van der Waals surface area contributed by atoms with E-state index in [2.05, 4.69) is 0 Å². The number of carbonyl (C=O) groups excluding carboxylic acids is 2. The number of carbonyl (C=O) groups is 2. The summed E-state index contributed by atoms with van der Waals surface area (Å²) < 4.78 is 31.5. The first kappa shape index (κ1) is 20.3. The molecule has 0 fully saturated rings. The van der Waals surface area contributed by atoms with Gasteiger partial charge in [0.25, 0.3) is 5.91 Å². The average Bonchev–Trinajstić information content (AvgIpc) is 2.87. The first-order chi connectivity index (χ1) is 14.9. The van der Waals surface area contributed by atoms with Gasteiger partial charge in [-0.1, -0.05) is 24.3 Å². The number of amides is 1. The maximum atomic E-state index is 13.5. The van der Waals surface area contributed by atoms with Crippen molar-refractivity contribution in [1.29, 1.82) is 5.26 Å². The number of sulfone groups is 1. The lowest BCUT2D eigenvalue weighted by Gasteiger charge is -2.23. The van der Waals surface area contributed by atoms with Crippen LogP contribution >= 0.6 is 0 Å². The van der Waals surface area contributed by atoms with Gasteiger partial charge in [0.1, 0.15) is 0 Å². The van der Waals surface area contributed by atoms with Gasteiger partial charge in [0.15, 0.2) is 0 Å². The zero-order valence-electron chi connectivity index (χ0n) is 16.4. The molecular weight excluding hydrogens is 416 g/mol. The normalized spacial score (nSPS) is 14.1. The number of hydrogen-bond donors (Lipinski definition) is 0. The predicted molar refractivity (Wildman–Crippen MR) is 111 cm³/mol. The van der Waals surface area contributed by atoms with E-state index in [1.165, 1.54) is 42.3 Å². The zero-order valence-corrected chi connectivity index (χ0v) is 17.2. The summed E-state index contributed by atoms with van der Waals surface area (Å²) in [5.41, 5.74) is 1.28. The monoisotopic (exact) mass is 432 g/mol. The largest absolute Gasteiger partial charge is 0.465 e. The molecule has 0 aromatic heterocycles. The molecule has 154 valence electrons. The number of anilines is 1. The van der Waals surface area contributed by atoms with Crippen LogP contribution in [0.15, 0.2) is 76.5 Å². The topological polar surface area (TPSA) is 105 Å². The van der Waals surface area contributed by atoms with Gasteiger partial charge in [0.2, 0.25) is 9.84 Å². The standard InChI is InChI=1S/C23H16N2O5S/c1-30-23(27)17-9-10-21-19(12-17)25(14-16-6-4-5-15(11-16)13-24)22(26)18-7-2-3-8-20(18)31(21,28)29/h2-12H,14H2,1H3. The Bertz CT molecular complexity index is 1370. The Morgan fingerprint density at radius 1 is 1.03 bits per heavy atom. The third-order valence-electron chi connectivity index (χ3n) is 5.01. The number of hydrogen-bond acceptors (Lipinski definition) is 6. The fraction of sp³-hybridized carbons (Fsp3) is 0.0870. The molecule has 0 aliphatic carbocycles. The van der Waals surface area contributed by atoms with Gasteiger partial charge in [-0.15, -0.1) is 0 Å². The molecule has 1 amide bonds. The smallest absolute Gasteiger partial charge is 0.337 e. The second-order valence-corrected chi connectivity index (χ2v) is 8.76. The number of methoxy groups -OCH3 is 1. The first-order valence-electron chi connectivity index (χ1n) is 9.24. The minimum absolute atomic E-state index is 0.00976. The van der Waals surface area contributed by atoms with Crippen LogP contribution in [0.25, 0.3) is 0 Å². The quantitative estimate of drug-likeness (QED) is 0.588. The van der Waals surface area contributed by atoms with Crippen molar-refractivity contribution in [3.05, 3.63) is 89.0 Å². The van der Waals surface area contributed by atoms with Crippen LogP contribution in [-0.2, 0) is 21.1 Å². The van der Waals surface area contributed by atoms with Gasteiger partial charge in [0.05, 0.1) is 51.9 Å². The predicted octanol–water partition coefficient (Wildman–Crippen LogP) is 3.34. The maximum Gasteiger partial charge on any atom is 0.337 e. The van der Waals surface area contributed by atoms with Crippen molar-refractivity contribution in [2.45, 2.75) is 16.3 Å². The lowest BCUT2D eigenvalue weighted by Crippen LogP contribution is -2.30. The summed E-state index contributed by atoms with van der Waals surface area (Å²) in [6.45, 7) is 0.00976. The van der Waals surface area contributed by atoms with Crippen molar-refractivity contribution in [2.75, 3.05) is 12.0 Å². The fourth-order valence-corrected chi connectivity index (χ4v) is 5.16. The molecule has 8 heteroatoms. The Hall–Kier alpha value is -3.96. The molecular formula is C23H16N2O5S. The van der Waals surface area contributed by atoms with Crippen LogP contribution in [0.3, 0.4) is 0 Å². The number of nitrogens with zero attached hydrogens (tertiary/aromatic N) is 2. The summed E-state index contributed by atoms with van der Waals surface area (Å²) in [5, 5.41) is 9.18. The van der Waals surface area contributed by atoms with E-state index in [-0.39, 0.29) is 33.2 Å². The summed E-state index contributed by atoms with van der Waals surface area (Å²) in [6.07, 6.45) is 0. The van der Waals surface area contributed by atoms with Crippen LogP contribution in [0.5, 0.6) is 0 Å². The third-order valence-corrected chi connectivity index (χ3v) is 6.87. The van der Waals surface area contributed by atoms with E-state index >= 15 is 0 Å². The van der Waals surface area contributed by atoms with Gasteiger partial charge >= 0.3 is 5.97 Å². The third kappa shape index (κ3) is 3.45. The van der Waals surface area contributed by atoms with Gasteiger partial charge < -0.3 is 9.64 Å². The number of ether oxygens (including phenoxy) is 1. The van der Waals surface area contributed by atoms with E-state index in [4.69, 9.17) is 4.74 Å². The Morgan fingerprint density at radius 3 is 2.55 bits per heavy atom. The molecule has 0 radical (unpaired) electrons. The first-order valence-corrected chi connectivity index (χ1v) is 10.7. The lowest BCUT2D eigenvalue weighted by molar-refractivity contribution is 0.0600. The second kappa shape index (κ2) is 7.70. The highest BCUT2D eigenvalue weighted by Crippen LogP contribution is 2.38. The van der Waals surface area contributed by atoms with Crippen LogP contribution in [-0.4, -0.2) is 27.4 Å². The van der Waals surface area contributed by atoms with Crippen LogP contribution in [0.1, 0.15) is 31.8 Å². The van der Waals surface area contributed by atoms with Crippen molar-refractivity contribution in [2.24, 2.45) is 0 Å². The molecule has 1 heterocycles. The van der Waals surface area contributed by atoms with Crippen LogP contribution < -0.4 is 4.90 Å². The van der Waals surface area contributed by atoms with Gasteiger partial charge in [-0.25, -0.2) is 13.2 Å². The van der Waals surface area contributed by atoms with E-state index < -0.39 is 21.7 Å². The van der Waals surface area contributed by atoms with Crippen LogP contribution in [0.4, 0.5) is 5.69 Å². The average molecular weight is 432 g/mol. The second-order valence-electron chi connectivity index (χ2n) is 6.88. The van der Waals surface area contributed by atoms with E-state index in [1.807, 2.05) is 6.07 Å². The van der Waals surface area contributed by atoms with Gasteiger partial charge in [-0.2, -0.15) is 5.26 Å². The molecule has 31 heavy (non-hydrogen) atoms.